The molecule has 0 spiro atoms. The van der Waals surface area contributed by atoms with Crippen LogP contribution in [0.3, 0.4) is 0 Å². The Morgan fingerprint density at radius 2 is 1.85 bits per heavy atom. The summed E-state index contributed by atoms with van der Waals surface area (Å²) in [5.74, 6) is 0.705. The first kappa shape index (κ1) is 15.0. The lowest BCUT2D eigenvalue weighted by molar-refractivity contribution is -0.126. The maximum absolute atomic E-state index is 12.7. The molecule has 0 aromatic heterocycles. The van der Waals surface area contributed by atoms with Gasteiger partial charge >= 0.3 is 0 Å². The van der Waals surface area contributed by atoms with Crippen LogP contribution in [-0.4, -0.2) is 11.0 Å². The molecule has 20 heavy (non-hydrogen) atoms. The number of hydrogen-bond acceptors (Lipinski definition) is 2. The van der Waals surface area contributed by atoms with Gasteiger partial charge in [0.1, 0.15) is 0 Å². The van der Waals surface area contributed by atoms with E-state index in [1.165, 1.54) is 0 Å². The number of amides is 1. The number of aliphatic hydroxyl groups excluding tert-OH is 1. The van der Waals surface area contributed by atoms with Gasteiger partial charge in [0.2, 0.25) is 5.91 Å². The van der Waals surface area contributed by atoms with Crippen molar-refractivity contribution in [3.05, 3.63) is 29.8 Å². The third-order valence-electron chi connectivity index (χ3n) is 4.24. The molecule has 1 aliphatic carbocycles. The van der Waals surface area contributed by atoms with Crippen molar-refractivity contribution in [2.75, 3.05) is 5.32 Å². The standard InChI is InChI=1S/C17H25NO2/c1-13(2)11-17(9-3-4-10-17)16(20)18-15-7-5-14(12-19)6-8-15/h5-8,13,19H,3-4,9-12H2,1-2H3,(H,18,20). The van der Waals surface area contributed by atoms with Crippen molar-refractivity contribution >= 4 is 11.6 Å². The Morgan fingerprint density at radius 3 is 2.35 bits per heavy atom. The summed E-state index contributed by atoms with van der Waals surface area (Å²) >= 11 is 0. The molecule has 0 bridgehead atoms. The monoisotopic (exact) mass is 275 g/mol. The van der Waals surface area contributed by atoms with Gasteiger partial charge in [-0.05, 0) is 42.9 Å². The van der Waals surface area contributed by atoms with Crippen molar-refractivity contribution in [3.8, 4) is 0 Å². The van der Waals surface area contributed by atoms with Gasteiger partial charge in [-0.3, -0.25) is 4.79 Å². The number of benzene rings is 1. The quantitative estimate of drug-likeness (QED) is 0.860. The third-order valence-corrected chi connectivity index (χ3v) is 4.24. The molecule has 1 aromatic carbocycles. The van der Waals surface area contributed by atoms with Crippen LogP contribution in [0, 0.1) is 11.3 Å². The lowest BCUT2D eigenvalue weighted by atomic mass is 9.77. The number of aliphatic hydroxyl groups is 1. The number of anilines is 1. The van der Waals surface area contributed by atoms with E-state index >= 15 is 0 Å². The van der Waals surface area contributed by atoms with Gasteiger partial charge < -0.3 is 10.4 Å². The zero-order valence-electron chi connectivity index (χ0n) is 12.5. The number of carbonyl (C=O) groups is 1. The highest BCUT2D eigenvalue weighted by atomic mass is 16.3. The SMILES string of the molecule is CC(C)CC1(C(=O)Nc2ccc(CO)cc2)CCCC1. The van der Waals surface area contributed by atoms with E-state index in [0.717, 1.165) is 43.4 Å². The fourth-order valence-corrected chi connectivity index (χ4v) is 3.31. The molecule has 1 saturated carbocycles. The van der Waals surface area contributed by atoms with Gasteiger partial charge in [-0.1, -0.05) is 38.8 Å². The first-order chi connectivity index (χ1) is 9.55. The van der Waals surface area contributed by atoms with Crippen LogP contribution in [0.25, 0.3) is 0 Å². The molecule has 1 amide bonds. The summed E-state index contributed by atoms with van der Waals surface area (Å²) in [5.41, 5.74) is 1.51. The van der Waals surface area contributed by atoms with E-state index in [2.05, 4.69) is 19.2 Å². The number of hydrogen-bond donors (Lipinski definition) is 2. The molecule has 0 unspecified atom stereocenters. The molecule has 110 valence electrons. The van der Waals surface area contributed by atoms with Crippen LogP contribution in [0.2, 0.25) is 0 Å². The van der Waals surface area contributed by atoms with Crippen molar-refractivity contribution in [1.82, 2.24) is 0 Å². The molecule has 3 heteroatoms. The average Bonchev–Trinajstić information content (AvgIpc) is 2.88. The summed E-state index contributed by atoms with van der Waals surface area (Å²) in [5, 5.41) is 12.1. The summed E-state index contributed by atoms with van der Waals surface area (Å²) < 4.78 is 0. The molecule has 0 atom stereocenters. The third kappa shape index (κ3) is 3.40. The summed E-state index contributed by atoms with van der Waals surface area (Å²) in [6, 6.07) is 7.42. The van der Waals surface area contributed by atoms with Crippen molar-refractivity contribution < 1.29 is 9.90 Å². The summed E-state index contributed by atoms with van der Waals surface area (Å²) in [7, 11) is 0. The van der Waals surface area contributed by atoms with Crippen LogP contribution in [-0.2, 0) is 11.4 Å². The molecule has 0 aliphatic heterocycles. The van der Waals surface area contributed by atoms with Crippen molar-refractivity contribution in [2.24, 2.45) is 11.3 Å². The summed E-state index contributed by atoms with van der Waals surface area (Å²) in [4.78, 5) is 12.7. The fourth-order valence-electron chi connectivity index (χ4n) is 3.31. The molecule has 2 N–H and O–H groups in total. The molecule has 0 saturated heterocycles. The van der Waals surface area contributed by atoms with Crippen LogP contribution < -0.4 is 5.32 Å². The van der Waals surface area contributed by atoms with Crippen LogP contribution >= 0.6 is 0 Å². The van der Waals surface area contributed by atoms with Gasteiger partial charge in [0.05, 0.1) is 6.61 Å². The molecule has 1 fully saturated rings. The van der Waals surface area contributed by atoms with Crippen LogP contribution in [0.4, 0.5) is 5.69 Å². The van der Waals surface area contributed by atoms with E-state index in [0.29, 0.717) is 5.92 Å². The first-order valence-electron chi connectivity index (χ1n) is 7.57. The van der Waals surface area contributed by atoms with Gasteiger partial charge in [-0.25, -0.2) is 0 Å². The largest absolute Gasteiger partial charge is 0.392 e. The number of nitrogens with one attached hydrogen (secondary N) is 1. The van der Waals surface area contributed by atoms with Gasteiger partial charge in [-0.15, -0.1) is 0 Å². The normalized spacial score (nSPS) is 17.4. The Balaban J connectivity index is 2.08. The molecular formula is C17H25NO2. The number of carbonyl (C=O) groups excluding carboxylic acids is 1. The topological polar surface area (TPSA) is 49.3 Å². The van der Waals surface area contributed by atoms with Gasteiger partial charge in [-0.2, -0.15) is 0 Å². The number of rotatable bonds is 5. The fraction of sp³-hybridized carbons (Fsp3) is 0.588. The maximum atomic E-state index is 12.7. The maximum Gasteiger partial charge on any atom is 0.230 e. The van der Waals surface area contributed by atoms with Crippen LogP contribution in [0.15, 0.2) is 24.3 Å². The molecule has 0 heterocycles. The smallest absolute Gasteiger partial charge is 0.230 e. The second-order valence-electron chi connectivity index (χ2n) is 6.39. The highest BCUT2D eigenvalue weighted by molar-refractivity contribution is 5.95. The molecule has 0 radical (unpaired) electrons. The van der Waals surface area contributed by atoms with E-state index in [9.17, 15) is 4.79 Å². The lowest BCUT2D eigenvalue weighted by Gasteiger charge is -2.29. The minimum Gasteiger partial charge on any atom is -0.392 e. The Labute approximate surface area is 121 Å². The summed E-state index contributed by atoms with van der Waals surface area (Å²) in [6.45, 7) is 4.40. The van der Waals surface area contributed by atoms with Crippen LogP contribution in [0.5, 0.6) is 0 Å². The Morgan fingerprint density at radius 1 is 1.25 bits per heavy atom. The molecule has 1 aromatic rings. The molecule has 3 nitrogen and oxygen atoms in total. The van der Waals surface area contributed by atoms with E-state index in [4.69, 9.17) is 5.11 Å². The second-order valence-corrected chi connectivity index (χ2v) is 6.39. The van der Waals surface area contributed by atoms with E-state index in [1.807, 2.05) is 24.3 Å². The minimum atomic E-state index is -0.177. The predicted octanol–water partition coefficient (Wildman–Crippen LogP) is 3.72. The zero-order chi connectivity index (χ0) is 14.6. The van der Waals surface area contributed by atoms with E-state index < -0.39 is 0 Å². The summed E-state index contributed by atoms with van der Waals surface area (Å²) in [6.07, 6.45) is 5.29. The predicted molar refractivity (Wildman–Crippen MR) is 81.4 cm³/mol. The van der Waals surface area contributed by atoms with Gasteiger partial charge in [0.25, 0.3) is 0 Å². The van der Waals surface area contributed by atoms with Crippen molar-refractivity contribution in [2.45, 2.75) is 52.6 Å². The van der Waals surface area contributed by atoms with E-state index in [-0.39, 0.29) is 17.9 Å². The highest BCUT2D eigenvalue weighted by Crippen LogP contribution is 2.44. The average molecular weight is 275 g/mol. The van der Waals surface area contributed by atoms with Gasteiger partial charge in [0.15, 0.2) is 0 Å². The zero-order valence-corrected chi connectivity index (χ0v) is 12.5. The Kier molecular flexibility index (Phi) is 4.81. The Hall–Kier alpha value is -1.35. The minimum absolute atomic E-state index is 0.0332. The first-order valence-corrected chi connectivity index (χ1v) is 7.57. The van der Waals surface area contributed by atoms with Crippen molar-refractivity contribution in [1.29, 1.82) is 0 Å². The molecule has 1 aliphatic rings. The van der Waals surface area contributed by atoms with Gasteiger partial charge in [0, 0.05) is 11.1 Å². The second kappa shape index (κ2) is 6.40. The Bertz CT molecular complexity index is 445. The highest BCUT2D eigenvalue weighted by Gasteiger charge is 2.41. The molecule has 2 rings (SSSR count). The molecular weight excluding hydrogens is 250 g/mol. The van der Waals surface area contributed by atoms with E-state index in [1.54, 1.807) is 0 Å². The lowest BCUT2D eigenvalue weighted by Crippen LogP contribution is -2.35. The van der Waals surface area contributed by atoms with Crippen molar-refractivity contribution in [3.63, 3.8) is 0 Å². The van der Waals surface area contributed by atoms with Crippen LogP contribution in [0.1, 0.15) is 51.5 Å².